The van der Waals surface area contributed by atoms with E-state index in [0.717, 1.165) is 5.69 Å². The molecule has 0 amide bonds. The van der Waals surface area contributed by atoms with Crippen LogP contribution in [0, 0.1) is 5.82 Å². The molecule has 92 valence electrons. The molecule has 2 rings (SSSR count). The van der Waals surface area contributed by atoms with Crippen molar-refractivity contribution in [3.63, 3.8) is 0 Å². The number of fused-ring (bicyclic) bond motifs is 1. The molecule has 0 spiro atoms. The summed E-state index contributed by atoms with van der Waals surface area (Å²) in [6, 6.07) is 1.37. The third kappa shape index (κ3) is 2.09. The number of pyridine rings is 1. The smallest absolute Gasteiger partial charge is 0.151 e. The van der Waals surface area contributed by atoms with E-state index >= 15 is 0 Å². The van der Waals surface area contributed by atoms with Crippen molar-refractivity contribution in [2.75, 3.05) is 0 Å². The SMILES string of the molecule is CC(C)(C)c1nc2c(Br)cc(F)cn2c1CO. The number of hydrogen-bond acceptors (Lipinski definition) is 2. The van der Waals surface area contributed by atoms with Crippen LogP contribution >= 0.6 is 15.9 Å². The lowest BCUT2D eigenvalue weighted by Gasteiger charge is -2.16. The molecule has 17 heavy (non-hydrogen) atoms. The number of aromatic nitrogens is 2. The van der Waals surface area contributed by atoms with Crippen LogP contribution < -0.4 is 0 Å². The van der Waals surface area contributed by atoms with Gasteiger partial charge in [0.25, 0.3) is 0 Å². The number of halogens is 2. The van der Waals surface area contributed by atoms with E-state index in [9.17, 15) is 9.50 Å². The summed E-state index contributed by atoms with van der Waals surface area (Å²) in [7, 11) is 0. The zero-order valence-electron chi connectivity index (χ0n) is 9.96. The summed E-state index contributed by atoms with van der Waals surface area (Å²) in [5.41, 5.74) is 1.85. The van der Waals surface area contributed by atoms with Gasteiger partial charge in [0.2, 0.25) is 0 Å². The monoisotopic (exact) mass is 300 g/mol. The van der Waals surface area contributed by atoms with E-state index in [4.69, 9.17) is 0 Å². The van der Waals surface area contributed by atoms with E-state index in [1.54, 1.807) is 4.40 Å². The van der Waals surface area contributed by atoms with E-state index < -0.39 is 0 Å². The fourth-order valence-corrected chi connectivity index (χ4v) is 2.37. The average Bonchev–Trinajstić information content (AvgIpc) is 2.55. The predicted octanol–water partition coefficient (Wildman–Crippen LogP) is 3.03. The van der Waals surface area contributed by atoms with Crippen molar-refractivity contribution in [1.82, 2.24) is 9.38 Å². The van der Waals surface area contributed by atoms with Crippen molar-refractivity contribution < 1.29 is 9.50 Å². The van der Waals surface area contributed by atoms with Crippen LogP contribution in [-0.2, 0) is 12.0 Å². The van der Waals surface area contributed by atoms with Crippen LogP contribution in [0.3, 0.4) is 0 Å². The lowest BCUT2D eigenvalue weighted by molar-refractivity contribution is 0.272. The Kier molecular flexibility index (Phi) is 2.99. The van der Waals surface area contributed by atoms with Crippen LogP contribution in [0.5, 0.6) is 0 Å². The van der Waals surface area contributed by atoms with E-state index in [1.165, 1.54) is 12.3 Å². The van der Waals surface area contributed by atoms with Gasteiger partial charge in [0.05, 0.1) is 22.5 Å². The predicted molar refractivity (Wildman–Crippen MR) is 67.5 cm³/mol. The van der Waals surface area contributed by atoms with E-state index in [0.29, 0.717) is 15.8 Å². The molecule has 3 nitrogen and oxygen atoms in total. The highest BCUT2D eigenvalue weighted by Crippen LogP contribution is 2.29. The second kappa shape index (κ2) is 4.07. The number of aliphatic hydroxyl groups is 1. The fraction of sp³-hybridized carbons (Fsp3) is 0.417. The molecule has 0 saturated heterocycles. The molecule has 0 aliphatic heterocycles. The summed E-state index contributed by atoms with van der Waals surface area (Å²) >= 11 is 3.29. The summed E-state index contributed by atoms with van der Waals surface area (Å²) in [6.45, 7) is 5.87. The number of rotatable bonds is 1. The van der Waals surface area contributed by atoms with E-state index in [2.05, 4.69) is 20.9 Å². The number of imidazole rings is 1. The topological polar surface area (TPSA) is 37.5 Å². The molecule has 0 unspecified atom stereocenters. The summed E-state index contributed by atoms with van der Waals surface area (Å²) < 4.78 is 15.5. The fourth-order valence-electron chi connectivity index (χ4n) is 1.87. The summed E-state index contributed by atoms with van der Waals surface area (Å²) in [6.07, 6.45) is 1.34. The highest BCUT2D eigenvalue weighted by atomic mass is 79.9. The minimum absolute atomic E-state index is 0.163. The Balaban J connectivity index is 2.85. The molecule has 0 fully saturated rings. The van der Waals surface area contributed by atoms with Crippen LogP contribution in [0.4, 0.5) is 4.39 Å². The van der Waals surface area contributed by atoms with Gasteiger partial charge in [-0.05, 0) is 22.0 Å². The van der Waals surface area contributed by atoms with Crippen LogP contribution in [0.15, 0.2) is 16.7 Å². The van der Waals surface area contributed by atoms with Gasteiger partial charge in [0.1, 0.15) is 5.82 Å². The van der Waals surface area contributed by atoms with Crippen LogP contribution in [0.1, 0.15) is 32.2 Å². The summed E-state index contributed by atoms with van der Waals surface area (Å²) in [5.74, 6) is -0.364. The largest absolute Gasteiger partial charge is 0.390 e. The van der Waals surface area contributed by atoms with E-state index in [1.807, 2.05) is 20.8 Å². The average molecular weight is 301 g/mol. The molecule has 0 bridgehead atoms. The molecule has 0 aliphatic rings. The van der Waals surface area contributed by atoms with Gasteiger partial charge in [0.15, 0.2) is 5.65 Å². The van der Waals surface area contributed by atoms with Gasteiger partial charge >= 0.3 is 0 Å². The molecule has 0 aromatic carbocycles. The van der Waals surface area contributed by atoms with Gasteiger partial charge < -0.3 is 5.11 Å². The lowest BCUT2D eigenvalue weighted by atomic mass is 9.91. The number of nitrogens with zero attached hydrogens (tertiary/aromatic N) is 2. The Morgan fingerprint density at radius 1 is 1.47 bits per heavy atom. The maximum atomic E-state index is 13.4. The third-order valence-electron chi connectivity index (χ3n) is 2.60. The van der Waals surface area contributed by atoms with Gasteiger partial charge in [-0.2, -0.15) is 0 Å². The minimum Gasteiger partial charge on any atom is -0.390 e. The van der Waals surface area contributed by atoms with Gasteiger partial charge in [-0.3, -0.25) is 4.40 Å². The van der Waals surface area contributed by atoms with Crippen molar-refractivity contribution in [3.05, 3.63) is 33.9 Å². The van der Waals surface area contributed by atoms with Crippen LogP contribution in [0.25, 0.3) is 5.65 Å². The molecular formula is C12H14BrFN2O. The normalized spacial score (nSPS) is 12.4. The highest BCUT2D eigenvalue weighted by Gasteiger charge is 2.24. The van der Waals surface area contributed by atoms with Crippen molar-refractivity contribution in [1.29, 1.82) is 0 Å². The molecule has 0 aliphatic carbocycles. The quantitative estimate of drug-likeness (QED) is 0.879. The molecule has 1 N–H and O–H groups in total. The van der Waals surface area contributed by atoms with Gasteiger partial charge in [0, 0.05) is 11.6 Å². The zero-order valence-corrected chi connectivity index (χ0v) is 11.5. The van der Waals surface area contributed by atoms with Crippen molar-refractivity contribution in [3.8, 4) is 0 Å². The first-order chi connectivity index (χ1) is 7.84. The number of hydrogen-bond donors (Lipinski definition) is 1. The lowest BCUT2D eigenvalue weighted by Crippen LogP contribution is -2.14. The van der Waals surface area contributed by atoms with Gasteiger partial charge in [-0.1, -0.05) is 20.8 Å². The van der Waals surface area contributed by atoms with Gasteiger partial charge in [-0.25, -0.2) is 9.37 Å². The zero-order chi connectivity index (χ0) is 12.8. The van der Waals surface area contributed by atoms with Crippen LogP contribution in [-0.4, -0.2) is 14.5 Å². The van der Waals surface area contributed by atoms with Gasteiger partial charge in [-0.15, -0.1) is 0 Å². The minimum atomic E-state index is -0.364. The maximum absolute atomic E-state index is 13.4. The van der Waals surface area contributed by atoms with Crippen molar-refractivity contribution >= 4 is 21.6 Å². The standard InChI is InChI=1S/C12H14BrFN2O/c1-12(2,3)10-9(6-17)16-5-7(14)4-8(13)11(16)15-10/h4-5,17H,6H2,1-3H3. The van der Waals surface area contributed by atoms with E-state index in [-0.39, 0.29) is 17.8 Å². The second-order valence-electron chi connectivity index (χ2n) is 5.02. The van der Waals surface area contributed by atoms with Crippen molar-refractivity contribution in [2.45, 2.75) is 32.8 Å². The Morgan fingerprint density at radius 2 is 2.12 bits per heavy atom. The maximum Gasteiger partial charge on any atom is 0.151 e. The highest BCUT2D eigenvalue weighted by molar-refractivity contribution is 9.10. The first kappa shape index (κ1) is 12.5. The first-order valence-corrected chi connectivity index (χ1v) is 6.11. The van der Waals surface area contributed by atoms with Crippen LogP contribution in [0.2, 0.25) is 0 Å². The summed E-state index contributed by atoms with van der Waals surface area (Å²) in [5, 5.41) is 9.45. The molecular weight excluding hydrogens is 287 g/mol. The molecule has 2 heterocycles. The molecule has 0 saturated carbocycles. The Labute approximate surface area is 107 Å². The summed E-state index contributed by atoms with van der Waals surface area (Å²) in [4.78, 5) is 4.48. The third-order valence-corrected chi connectivity index (χ3v) is 3.18. The van der Waals surface area contributed by atoms with Crippen molar-refractivity contribution in [2.24, 2.45) is 0 Å². The Morgan fingerprint density at radius 3 is 2.65 bits per heavy atom. The molecule has 2 aromatic heterocycles. The number of aliphatic hydroxyl groups excluding tert-OH is 1. The second-order valence-corrected chi connectivity index (χ2v) is 5.87. The molecule has 2 aromatic rings. The Bertz CT molecular complexity index is 572. The first-order valence-electron chi connectivity index (χ1n) is 5.32. The molecule has 0 atom stereocenters. The molecule has 0 radical (unpaired) electrons. The Hall–Kier alpha value is -0.940. The molecule has 5 heteroatoms.